The van der Waals surface area contributed by atoms with Crippen molar-refractivity contribution in [3.05, 3.63) is 40.6 Å². The molecule has 0 saturated heterocycles. The van der Waals surface area contributed by atoms with Gasteiger partial charge in [0.1, 0.15) is 17.1 Å². The third-order valence-corrected chi connectivity index (χ3v) is 3.60. The van der Waals surface area contributed by atoms with E-state index in [0.717, 1.165) is 11.5 Å². The van der Waals surface area contributed by atoms with Crippen molar-refractivity contribution < 1.29 is 14.3 Å². The normalized spacial score (nSPS) is 14.0. The van der Waals surface area contributed by atoms with Gasteiger partial charge in [0.05, 0.1) is 17.8 Å². The molecule has 0 saturated carbocycles. The van der Waals surface area contributed by atoms with Crippen LogP contribution >= 0.6 is 0 Å². The smallest absolute Gasteiger partial charge is 0.255 e. The number of aromatic nitrogens is 2. The first-order valence-corrected chi connectivity index (χ1v) is 6.80. The first kappa shape index (κ1) is 15.3. The second-order valence-electron chi connectivity index (χ2n) is 5.54. The number of hydrogen-bond acceptors (Lipinski definition) is 4. The quantitative estimate of drug-likeness (QED) is 0.896. The number of carbonyl (C=O) groups is 1. The first-order chi connectivity index (χ1) is 9.72. The summed E-state index contributed by atoms with van der Waals surface area (Å²) in [6.07, 6.45) is 0. The molecule has 2 rings (SSSR count). The fourth-order valence-electron chi connectivity index (χ4n) is 2.25. The summed E-state index contributed by atoms with van der Waals surface area (Å²) in [5.41, 5.74) is 0.747. The van der Waals surface area contributed by atoms with Gasteiger partial charge in [-0.3, -0.25) is 9.48 Å². The summed E-state index contributed by atoms with van der Waals surface area (Å²) in [5.74, 6) is 0.900. The van der Waals surface area contributed by atoms with Crippen LogP contribution < -0.4 is 5.32 Å². The van der Waals surface area contributed by atoms with E-state index in [1.54, 1.807) is 44.6 Å². The van der Waals surface area contributed by atoms with Gasteiger partial charge in [-0.2, -0.15) is 5.10 Å². The molecule has 6 nitrogen and oxygen atoms in total. The predicted octanol–water partition coefficient (Wildman–Crippen LogP) is 1.58. The molecular formula is C15H21N3O3. The van der Waals surface area contributed by atoms with E-state index in [0.29, 0.717) is 17.0 Å². The third kappa shape index (κ3) is 3.00. The number of rotatable bonds is 4. The molecule has 2 N–H and O–H groups in total. The molecule has 0 bridgehead atoms. The van der Waals surface area contributed by atoms with E-state index in [1.807, 2.05) is 6.92 Å². The van der Waals surface area contributed by atoms with Crippen LogP contribution in [0.15, 0.2) is 16.5 Å². The highest BCUT2D eigenvalue weighted by atomic mass is 16.4. The highest BCUT2D eigenvalue weighted by molar-refractivity contribution is 5.96. The maximum atomic E-state index is 12.3. The molecule has 114 valence electrons. The highest BCUT2D eigenvalue weighted by Crippen LogP contribution is 2.22. The van der Waals surface area contributed by atoms with E-state index in [-0.39, 0.29) is 12.5 Å². The molecular weight excluding hydrogens is 270 g/mol. The molecule has 0 aliphatic carbocycles. The number of hydrogen-bond donors (Lipinski definition) is 2. The summed E-state index contributed by atoms with van der Waals surface area (Å²) in [6.45, 7) is 7.10. The van der Waals surface area contributed by atoms with Crippen LogP contribution in [0.1, 0.15) is 40.2 Å². The van der Waals surface area contributed by atoms with Crippen molar-refractivity contribution in [2.45, 2.75) is 33.3 Å². The van der Waals surface area contributed by atoms with E-state index in [4.69, 9.17) is 4.42 Å². The molecule has 0 aromatic carbocycles. The highest BCUT2D eigenvalue weighted by Gasteiger charge is 2.28. The monoisotopic (exact) mass is 291 g/mol. The fourth-order valence-corrected chi connectivity index (χ4v) is 2.25. The lowest BCUT2D eigenvalue weighted by Gasteiger charge is -2.21. The Labute approximate surface area is 123 Å². The van der Waals surface area contributed by atoms with Gasteiger partial charge in [-0.15, -0.1) is 0 Å². The Morgan fingerprint density at radius 2 is 2.10 bits per heavy atom. The van der Waals surface area contributed by atoms with Crippen LogP contribution in [-0.2, 0) is 12.6 Å². The summed E-state index contributed by atoms with van der Waals surface area (Å²) in [5, 5.41) is 17.4. The number of furan rings is 1. The molecule has 1 atom stereocenters. The predicted molar refractivity (Wildman–Crippen MR) is 78.0 cm³/mol. The van der Waals surface area contributed by atoms with Crippen LogP contribution in [0.2, 0.25) is 0 Å². The molecule has 2 heterocycles. The maximum absolute atomic E-state index is 12.3. The van der Waals surface area contributed by atoms with Crippen molar-refractivity contribution in [3.8, 4) is 0 Å². The number of nitrogens with one attached hydrogen (secondary N) is 1. The maximum Gasteiger partial charge on any atom is 0.255 e. The van der Waals surface area contributed by atoms with Crippen molar-refractivity contribution in [2.24, 2.45) is 7.05 Å². The lowest BCUT2D eigenvalue weighted by atomic mass is 10.0. The fraction of sp³-hybridized carbons (Fsp3) is 0.467. The van der Waals surface area contributed by atoms with Gasteiger partial charge >= 0.3 is 0 Å². The summed E-state index contributed by atoms with van der Waals surface area (Å²) in [6, 6.07) is 3.49. The van der Waals surface area contributed by atoms with Crippen molar-refractivity contribution in [1.82, 2.24) is 15.1 Å². The largest absolute Gasteiger partial charge is 0.463 e. The van der Waals surface area contributed by atoms with E-state index < -0.39 is 5.60 Å². The Morgan fingerprint density at radius 1 is 1.43 bits per heavy atom. The molecule has 0 aliphatic heterocycles. The van der Waals surface area contributed by atoms with Gasteiger partial charge in [0.25, 0.3) is 5.91 Å². The third-order valence-electron chi connectivity index (χ3n) is 3.60. The molecule has 0 aliphatic rings. The molecule has 6 heteroatoms. The van der Waals surface area contributed by atoms with E-state index >= 15 is 0 Å². The first-order valence-electron chi connectivity index (χ1n) is 6.80. The van der Waals surface area contributed by atoms with Crippen LogP contribution in [0.5, 0.6) is 0 Å². The van der Waals surface area contributed by atoms with Crippen LogP contribution in [0.3, 0.4) is 0 Å². The lowest BCUT2D eigenvalue weighted by Crippen LogP contribution is -2.38. The molecule has 21 heavy (non-hydrogen) atoms. The van der Waals surface area contributed by atoms with E-state index in [2.05, 4.69) is 10.4 Å². The number of aryl methyl sites for hydroxylation is 3. The molecule has 0 fully saturated rings. The van der Waals surface area contributed by atoms with Crippen molar-refractivity contribution in [1.29, 1.82) is 0 Å². The van der Waals surface area contributed by atoms with Crippen LogP contribution in [0, 0.1) is 20.8 Å². The van der Waals surface area contributed by atoms with Crippen LogP contribution in [0.4, 0.5) is 0 Å². The van der Waals surface area contributed by atoms with Gasteiger partial charge in [0, 0.05) is 12.7 Å². The Balaban J connectivity index is 2.10. The second kappa shape index (κ2) is 5.37. The minimum absolute atomic E-state index is 0.0621. The van der Waals surface area contributed by atoms with Crippen LogP contribution in [0.25, 0.3) is 0 Å². The number of amides is 1. The molecule has 2 aromatic rings. The van der Waals surface area contributed by atoms with Gasteiger partial charge in [0.15, 0.2) is 0 Å². The Bertz CT molecular complexity index is 668. The standard InChI is InChI=1S/C15H21N3O3/c1-9-6-7-12(21-9)15(4,20)8-16-14(19)13-10(2)17-18(5)11(13)3/h6-7,20H,8H2,1-5H3,(H,16,19). The number of aliphatic hydroxyl groups is 1. The average molecular weight is 291 g/mol. The zero-order chi connectivity index (χ0) is 15.8. The number of nitrogens with zero attached hydrogens (tertiary/aromatic N) is 2. The number of carbonyl (C=O) groups excluding carboxylic acids is 1. The second-order valence-corrected chi connectivity index (χ2v) is 5.54. The summed E-state index contributed by atoms with van der Waals surface area (Å²) in [7, 11) is 1.79. The van der Waals surface area contributed by atoms with Gasteiger partial charge in [-0.05, 0) is 39.8 Å². The Kier molecular flexibility index (Phi) is 3.91. The molecule has 1 amide bonds. The summed E-state index contributed by atoms with van der Waals surface area (Å²) < 4.78 is 7.09. The zero-order valence-corrected chi connectivity index (χ0v) is 13.0. The lowest BCUT2D eigenvalue weighted by molar-refractivity contribution is 0.0323. The van der Waals surface area contributed by atoms with Gasteiger partial charge in [-0.25, -0.2) is 0 Å². The van der Waals surface area contributed by atoms with Crippen molar-refractivity contribution in [2.75, 3.05) is 6.54 Å². The molecule has 2 aromatic heterocycles. The SMILES string of the molecule is Cc1ccc(C(C)(O)CNC(=O)c2c(C)nn(C)c2C)o1. The minimum Gasteiger partial charge on any atom is -0.463 e. The van der Waals surface area contributed by atoms with E-state index in [9.17, 15) is 9.90 Å². The van der Waals surface area contributed by atoms with Crippen molar-refractivity contribution >= 4 is 5.91 Å². The van der Waals surface area contributed by atoms with Crippen molar-refractivity contribution in [3.63, 3.8) is 0 Å². The summed E-state index contributed by atoms with van der Waals surface area (Å²) >= 11 is 0. The summed E-state index contributed by atoms with van der Waals surface area (Å²) in [4.78, 5) is 12.3. The van der Waals surface area contributed by atoms with Gasteiger partial charge in [0.2, 0.25) is 0 Å². The molecule has 0 radical (unpaired) electrons. The Morgan fingerprint density at radius 3 is 2.57 bits per heavy atom. The molecule has 0 spiro atoms. The topological polar surface area (TPSA) is 80.3 Å². The van der Waals surface area contributed by atoms with Gasteiger partial charge in [-0.1, -0.05) is 0 Å². The Hall–Kier alpha value is -2.08. The van der Waals surface area contributed by atoms with Gasteiger partial charge < -0.3 is 14.8 Å². The van der Waals surface area contributed by atoms with E-state index in [1.165, 1.54) is 0 Å². The molecule has 1 unspecified atom stereocenters. The minimum atomic E-state index is -1.26. The zero-order valence-electron chi connectivity index (χ0n) is 13.0. The van der Waals surface area contributed by atoms with Crippen LogP contribution in [-0.4, -0.2) is 27.3 Å². The average Bonchev–Trinajstić information content (AvgIpc) is 2.93.